The fraction of sp³-hybridized carbons (Fsp3) is 0.182. The molecule has 3 heteroatoms. The summed E-state index contributed by atoms with van der Waals surface area (Å²) in [6, 6.07) is 22.0. The molecule has 0 bridgehead atoms. The van der Waals surface area contributed by atoms with Crippen LogP contribution < -0.4 is 10.5 Å². The molecule has 2 atom stereocenters. The van der Waals surface area contributed by atoms with Gasteiger partial charge >= 0.3 is 0 Å². The number of hydrogen-bond donors (Lipinski definition) is 2. The molecule has 4 rings (SSSR count). The summed E-state index contributed by atoms with van der Waals surface area (Å²) in [7, 11) is 0. The third-order valence-corrected chi connectivity index (χ3v) is 4.89. The van der Waals surface area contributed by atoms with Gasteiger partial charge in [-0.05, 0) is 36.2 Å². The van der Waals surface area contributed by atoms with E-state index >= 15 is 0 Å². The Labute approximate surface area is 147 Å². The van der Waals surface area contributed by atoms with Crippen molar-refractivity contribution in [3.05, 3.63) is 89.0 Å². The molecule has 0 fully saturated rings. The van der Waals surface area contributed by atoms with E-state index in [1.54, 1.807) is 12.1 Å². The van der Waals surface area contributed by atoms with Crippen LogP contribution in [0.15, 0.2) is 66.7 Å². The number of ether oxygens (including phenoxy) is 1. The van der Waals surface area contributed by atoms with Crippen molar-refractivity contribution in [2.75, 3.05) is 12.3 Å². The molecule has 2 unspecified atom stereocenters. The van der Waals surface area contributed by atoms with Crippen LogP contribution in [0.1, 0.15) is 34.1 Å². The Kier molecular flexibility index (Phi) is 3.85. The average Bonchev–Trinajstić information content (AvgIpc) is 2.60. The molecule has 3 aromatic carbocycles. The molecule has 0 saturated carbocycles. The number of rotatable bonds is 2. The highest BCUT2D eigenvalue weighted by Crippen LogP contribution is 2.47. The molecule has 3 N–H and O–H groups in total. The van der Waals surface area contributed by atoms with Crippen molar-refractivity contribution in [1.29, 1.82) is 0 Å². The largest absolute Gasteiger partial charge is 0.508 e. The van der Waals surface area contributed by atoms with Crippen molar-refractivity contribution >= 4 is 5.69 Å². The first-order valence-electron chi connectivity index (χ1n) is 8.49. The van der Waals surface area contributed by atoms with Gasteiger partial charge in [-0.3, -0.25) is 0 Å². The van der Waals surface area contributed by atoms with Gasteiger partial charge in [0.25, 0.3) is 0 Å². The van der Waals surface area contributed by atoms with E-state index in [1.807, 2.05) is 24.3 Å². The lowest BCUT2D eigenvalue weighted by Gasteiger charge is -2.34. The fourth-order valence-electron chi connectivity index (χ4n) is 3.75. The van der Waals surface area contributed by atoms with Crippen molar-refractivity contribution in [2.24, 2.45) is 0 Å². The van der Waals surface area contributed by atoms with Gasteiger partial charge in [0.1, 0.15) is 11.5 Å². The van der Waals surface area contributed by atoms with Crippen molar-refractivity contribution in [3.8, 4) is 11.5 Å². The van der Waals surface area contributed by atoms with E-state index in [0.29, 0.717) is 6.61 Å². The predicted molar refractivity (Wildman–Crippen MR) is 100 cm³/mol. The second-order valence-corrected chi connectivity index (χ2v) is 6.70. The first kappa shape index (κ1) is 15.6. The van der Waals surface area contributed by atoms with Gasteiger partial charge < -0.3 is 15.6 Å². The molecule has 0 saturated heterocycles. The standard InChI is InChI=1S/C22H21NO2/c1-14-4-2-5-15(10-14)20-13-25-21-12-18(24)8-9-19(21)22(20)16-6-3-7-17(23)11-16/h2-12,20,22,24H,13,23H2,1H3. The van der Waals surface area contributed by atoms with E-state index in [4.69, 9.17) is 10.5 Å². The Balaban J connectivity index is 1.88. The lowest BCUT2D eigenvalue weighted by atomic mass is 9.75. The molecule has 0 spiro atoms. The molecule has 0 aliphatic carbocycles. The topological polar surface area (TPSA) is 55.5 Å². The number of aromatic hydroxyl groups is 1. The van der Waals surface area contributed by atoms with Gasteiger partial charge in [0.15, 0.2) is 0 Å². The summed E-state index contributed by atoms with van der Waals surface area (Å²) in [6.45, 7) is 2.67. The highest BCUT2D eigenvalue weighted by Gasteiger charge is 2.33. The first-order valence-corrected chi connectivity index (χ1v) is 8.49. The second-order valence-electron chi connectivity index (χ2n) is 6.70. The Morgan fingerprint density at radius 3 is 2.56 bits per heavy atom. The summed E-state index contributed by atoms with van der Waals surface area (Å²) in [5.41, 5.74) is 11.5. The summed E-state index contributed by atoms with van der Waals surface area (Å²) in [4.78, 5) is 0. The smallest absolute Gasteiger partial charge is 0.126 e. The molecular weight excluding hydrogens is 310 g/mol. The van der Waals surface area contributed by atoms with E-state index in [2.05, 4.69) is 37.3 Å². The summed E-state index contributed by atoms with van der Waals surface area (Å²) >= 11 is 0. The lowest BCUT2D eigenvalue weighted by Crippen LogP contribution is -2.25. The normalized spacial score (nSPS) is 19.1. The highest BCUT2D eigenvalue weighted by molar-refractivity contribution is 5.53. The second kappa shape index (κ2) is 6.17. The van der Waals surface area contributed by atoms with Crippen LogP contribution in [-0.4, -0.2) is 11.7 Å². The van der Waals surface area contributed by atoms with E-state index in [0.717, 1.165) is 17.0 Å². The van der Waals surface area contributed by atoms with Crippen LogP contribution >= 0.6 is 0 Å². The van der Waals surface area contributed by atoms with Crippen molar-refractivity contribution in [2.45, 2.75) is 18.8 Å². The number of aryl methyl sites for hydroxylation is 1. The number of phenolic OH excluding ortho intramolecular Hbond substituents is 1. The SMILES string of the molecule is Cc1cccc(C2COc3cc(O)ccc3C2c2cccc(N)c2)c1. The molecule has 1 aliphatic heterocycles. The van der Waals surface area contributed by atoms with E-state index < -0.39 is 0 Å². The van der Waals surface area contributed by atoms with E-state index in [1.165, 1.54) is 16.7 Å². The Bertz CT molecular complexity index is 919. The quantitative estimate of drug-likeness (QED) is 0.675. The van der Waals surface area contributed by atoms with Gasteiger partial charge in [-0.15, -0.1) is 0 Å². The minimum Gasteiger partial charge on any atom is -0.508 e. The van der Waals surface area contributed by atoms with Gasteiger partial charge in [-0.1, -0.05) is 48.0 Å². The molecule has 0 aromatic heterocycles. The van der Waals surface area contributed by atoms with E-state index in [9.17, 15) is 5.11 Å². The molecule has 0 amide bonds. The van der Waals surface area contributed by atoms with Crippen LogP contribution in [0.25, 0.3) is 0 Å². The maximum absolute atomic E-state index is 9.81. The number of nitrogens with two attached hydrogens (primary N) is 1. The maximum atomic E-state index is 9.81. The van der Waals surface area contributed by atoms with Crippen LogP contribution in [0.4, 0.5) is 5.69 Å². The molecule has 3 nitrogen and oxygen atoms in total. The zero-order valence-electron chi connectivity index (χ0n) is 14.1. The Morgan fingerprint density at radius 2 is 1.76 bits per heavy atom. The molecule has 25 heavy (non-hydrogen) atoms. The maximum Gasteiger partial charge on any atom is 0.126 e. The summed E-state index contributed by atoms with van der Waals surface area (Å²) in [6.07, 6.45) is 0. The third kappa shape index (κ3) is 2.93. The minimum absolute atomic E-state index is 0.134. The molecule has 3 aromatic rings. The van der Waals surface area contributed by atoms with Gasteiger partial charge in [-0.25, -0.2) is 0 Å². The monoisotopic (exact) mass is 331 g/mol. The molecule has 0 radical (unpaired) electrons. The summed E-state index contributed by atoms with van der Waals surface area (Å²) in [5, 5.41) is 9.81. The predicted octanol–water partition coefficient (Wildman–Crippen LogP) is 4.59. The first-order chi connectivity index (χ1) is 12.1. The number of fused-ring (bicyclic) bond motifs is 1. The van der Waals surface area contributed by atoms with E-state index in [-0.39, 0.29) is 17.6 Å². The Hall–Kier alpha value is -2.94. The number of benzene rings is 3. The zero-order valence-corrected chi connectivity index (χ0v) is 14.1. The molecule has 126 valence electrons. The van der Waals surface area contributed by atoms with Crippen molar-refractivity contribution in [3.63, 3.8) is 0 Å². The van der Waals surface area contributed by atoms with Crippen LogP contribution in [-0.2, 0) is 0 Å². The lowest BCUT2D eigenvalue weighted by molar-refractivity contribution is 0.248. The average molecular weight is 331 g/mol. The number of anilines is 1. The number of phenols is 1. The van der Waals surface area contributed by atoms with Gasteiger partial charge in [0.2, 0.25) is 0 Å². The van der Waals surface area contributed by atoms with Gasteiger partial charge in [-0.2, -0.15) is 0 Å². The van der Waals surface area contributed by atoms with Crippen molar-refractivity contribution in [1.82, 2.24) is 0 Å². The fourth-order valence-corrected chi connectivity index (χ4v) is 3.75. The minimum atomic E-state index is 0.134. The van der Waals surface area contributed by atoms with Crippen LogP contribution in [0.5, 0.6) is 11.5 Å². The van der Waals surface area contributed by atoms with Crippen LogP contribution in [0.2, 0.25) is 0 Å². The van der Waals surface area contributed by atoms with Gasteiger partial charge in [0, 0.05) is 29.2 Å². The summed E-state index contributed by atoms with van der Waals surface area (Å²) < 4.78 is 6.00. The number of hydrogen-bond acceptors (Lipinski definition) is 3. The highest BCUT2D eigenvalue weighted by atomic mass is 16.5. The molecule has 1 aliphatic rings. The van der Waals surface area contributed by atoms with Crippen LogP contribution in [0, 0.1) is 6.92 Å². The summed E-state index contributed by atoms with van der Waals surface area (Å²) in [5.74, 6) is 1.30. The molecule has 1 heterocycles. The molecular formula is C22H21NO2. The van der Waals surface area contributed by atoms with Crippen molar-refractivity contribution < 1.29 is 9.84 Å². The zero-order chi connectivity index (χ0) is 17.4. The van der Waals surface area contributed by atoms with Crippen LogP contribution in [0.3, 0.4) is 0 Å². The number of nitrogen functional groups attached to an aromatic ring is 1. The van der Waals surface area contributed by atoms with Gasteiger partial charge in [0.05, 0.1) is 6.61 Å². The Morgan fingerprint density at radius 1 is 0.960 bits per heavy atom. The third-order valence-electron chi connectivity index (χ3n) is 4.89.